The molecule has 0 amide bonds. The number of aliphatic imine (C=N–C) groups is 1. The lowest BCUT2D eigenvalue weighted by molar-refractivity contribution is 0.235. The highest BCUT2D eigenvalue weighted by Crippen LogP contribution is 2.27. The number of hydrogen-bond donors (Lipinski definition) is 1. The lowest BCUT2D eigenvalue weighted by Crippen LogP contribution is -2.35. The van der Waals surface area contributed by atoms with Gasteiger partial charge in [-0.2, -0.15) is 0 Å². The van der Waals surface area contributed by atoms with E-state index >= 15 is 0 Å². The average Bonchev–Trinajstić information content (AvgIpc) is 2.80. The molecule has 0 saturated carbocycles. The Balaban J connectivity index is 1.54. The number of amidine groups is 1. The van der Waals surface area contributed by atoms with Crippen molar-refractivity contribution >= 4 is 5.84 Å². The predicted octanol–water partition coefficient (Wildman–Crippen LogP) is 2.16. The topological polar surface area (TPSA) is 33.6 Å². The van der Waals surface area contributed by atoms with Gasteiger partial charge in [0.2, 0.25) is 0 Å². The minimum Gasteiger partial charge on any atom is -0.488 e. The van der Waals surface area contributed by atoms with Crippen molar-refractivity contribution in [3.05, 3.63) is 29.8 Å². The van der Waals surface area contributed by atoms with E-state index in [0.717, 1.165) is 37.5 Å². The van der Waals surface area contributed by atoms with Gasteiger partial charge in [-0.3, -0.25) is 4.99 Å². The maximum Gasteiger partial charge on any atom is 0.123 e. The van der Waals surface area contributed by atoms with Crippen LogP contribution < -0.4 is 10.1 Å². The third-order valence-corrected chi connectivity index (χ3v) is 3.37. The number of fused-ring (bicyclic) bond motifs is 1. The van der Waals surface area contributed by atoms with Crippen LogP contribution in [0.5, 0.6) is 5.75 Å². The quantitative estimate of drug-likeness (QED) is 0.844. The van der Waals surface area contributed by atoms with Crippen molar-refractivity contribution < 1.29 is 4.74 Å². The molecule has 0 spiro atoms. The van der Waals surface area contributed by atoms with Crippen LogP contribution >= 0.6 is 0 Å². The van der Waals surface area contributed by atoms with Gasteiger partial charge in [0.25, 0.3) is 0 Å². The fourth-order valence-electron chi connectivity index (χ4n) is 2.44. The van der Waals surface area contributed by atoms with Gasteiger partial charge in [0.1, 0.15) is 11.9 Å². The van der Waals surface area contributed by atoms with Crippen LogP contribution in [0.4, 0.5) is 0 Å². The molecule has 90 valence electrons. The summed E-state index contributed by atoms with van der Waals surface area (Å²) < 4.78 is 5.88. The van der Waals surface area contributed by atoms with Gasteiger partial charge in [-0.1, -0.05) is 18.2 Å². The summed E-state index contributed by atoms with van der Waals surface area (Å²) in [4.78, 5) is 4.49. The molecule has 0 fully saturated rings. The first-order valence-electron chi connectivity index (χ1n) is 6.43. The Kier molecular flexibility index (Phi) is 2.99. The van der Waals surface area contributed by atoms with Gasteiger partial charge in [-0.15, -0.1) is 0 Å². The second-order valence-corrected chi connectivity index (χ2v) is 4.72. The number of hydrogen-bond acceptors (Lipinski definition) is 3. The molecule has 1 unspecified atom stereocenters. The third kappa shape index (κ3) is 2.43. The van der Waals surface area contributed by atoms with Crippen LogP contribution in [0.3, 0.4) is 0 Å². The minimum absolute atomic E-state index is 0.261. The van der Waals surface area contributed by atoms with Crippen LogP contribution in [0.15, 0.2) is 29.3 Å². The van der Waals surface area contributed by atoms with E-state index in [9.17, 15) is 0 Å². The zero-order chi connectivity index (χ0) is 11.5. The van der Waals surface area contributed by atoms with Crippen LogP contribution in [0.25, 0.3) is 0 Å². The van der Waals surface area contributed by atoms with Crippen LogP contribution in [0.1, 0.15) is 24.8 Å². The van der Waals surface area contributed by atoms with Crippen molar-refractivity contribution in [3.63, 3.8) is 0 Å². The predicted molar refractivity (Wildman–Crippen MR) is 68.7 cm³/mol. The van der Waals surface area contributed by atoms with Crippen molar-refractivity contribution in [3.8, 4) is 5.75 Å². The van der Waals surface area contributed by atoms with Crippen molar-refractivity contribution in [2.24, 2.45) is 4.99 Å². The molecule has 1 atom stereocenters. The fourth-order valence-corrected chi connectivity index (χ4v) is 2.44. The molecular weight excluding hydrogens is 212 g/mol. The van der Waals surface area contributed by atoms with Crippen molar-refractivity contribution in [2.75, 3.05) is 13.1 Å². The molecule has 0 bridgehead atoms. The first kappa shape index (κ1) is 10.6. The number of rotatable bonds is 2. The standard InChI is InChI=1S/C14H18N2O/c1-2-6-13-11(5-1)9-12(17-13)10-16-14-7-3-4-8-15-14/h1-2,5-6,12H,3-4,7-10H2,(H,15,16). The van der Waals surface area contributed by atoms with Gasteiger partial charge in [0.15, 0.2) is 0 Å². The minimum atomic E-state index is 0.261. The summed E-state index contributed by atoms with van der Waals surface area (Å²) in [5, 5.41) is 3.42. The van der Waals surface area contributed by atoms with E-state index in [4.69, 9.17) is 4.74 Å². The van der Waals surface area contributed by atoms with Gasteiger partial charge in [-0.05, 0) is 24.5 Å². The normalized spacial score (nSPS) is 22.6. The lowest BCUT2D eigenvalue weighted by Gasteiger charge is -2.17. The van der Waals surface area contributed by atoms with Crippen molar-refractivity contribution in [1.29, 1.82) is 0 Å². The smallest absolute Gasteiger partial charge is 0.123 e. The van der Waals surface area contributed by atoms with Crippen LogP contribution in [0, 0.1) is 0 Å². The van der Waals surface area contributed by atoms with Crippen LogP contribution in [-0.2, 0) is 6.42 Å². The van der Waals surface area contributed by atoms with E-state index in [0.29, 0.717) is 0 Å². The van der Waals surface area contributed by atoms with E-state index in [-0.39, 0.29) is 6.10 Å². The van der Waals surface area contributed by atoms with Crippen molar-refractivity contribution in [2.45, 2.75) is 31.8 Å². The Morgan fingerprint density at radius 2 is 2.24 bits per heavy atom. The highest BCUT2D eigenvalue weighted by molar-refractivity contribution is 5.82. The molecule has 3 nitrogen and oxygen atoms in total. The summed E-state index contributed by atoms with van der Waals surface area (Å²) in [6.07, 6.45) is 4.86. The summed E-state index contributed by atoms with van der Waals surface area (Å²) in [5.41, 5.74) is 1.32. The molecule has 1 aromatic carbocycles. The fraction of sp³-hybridized carbons (Fsp3) is 0.500. The largest absolute Gasteiger partial charge is 0.488 e. The molecule has 0 saturated heterocycles. The SMILES string of the molecule is c1ccc2c(c1)CC(CNC1=NCCCC1)O2. The van der Waals surface area contributed by atoms with Crippen molar-refractivity contribution in [1.82, 2.24) is 5.32 Å². The summed E-state index contributed by atoms with van der Waals surface area (Å²) in [5.74, 6) is 2.21. The molecule has 0 aromatic heterocycles. The first-order chi connectivity index (χ1) is 8.42. The monoisotopic (exact) mass is 230 g/mol. The number of nitrogens with zero attached hydrogens (tertiary/aromatic N) is 1. The summed E-state index contributed by atoms with van der Waals surface area (Å²) in [7, 11) is 0. The van der Waals surface area contributed by atoms with E-state index in [1.165, 1.54) is 18.4 Å². The van der Waals surface area contributed by atoms with E-state index < -0.39 is 0 Å². The molecule has 3 rings (SSSR count). The Hall–Kier alpha value is -1.51. The summed E-state index contributed by atoms with van der Waals surface area (Å²) in [6, 6.07) is 8.30. The second kappa shape index (κ2) is 4.78. The maximum atomic E-state index is 5.88. The van der Waals surface area contributed by atoms with E-state index in [1.807, 2.05) is 12.1 Å². The zero-order valence-corrected chi connectivity index (χ0v) is 9.98. The number of ether oxygens (including phenoxy) is 1. The highest BCUT2D eigenvalue weighted by atomic mass is 16.5. The number of para-hydroxylation sites is 1. The van der Waals surface area contributed by atoms with Crippen LogP contribution in [-0.4, -0.2) is 25.0 Å². The van der Waals surface area contributed by atoms with Gasteiger partial charge in [-0.25, -0.2) is 0 Å². The van der Waals surface area contributed by atoms with Gasteiger partial charge in [0, 0.05) is 19.4 Å². The van der Waals surface area contributed by atoms with E-state index in [1.54, 1.807) is 0 Å². The Morgan fingerprint density at radius 1 is 1.29 bits per heavy atom. The first-order valence-corrected chi connectivity index (χ1v) is 6.43. The molecule has 17 heavy (non-hydrogen) atoms. The van der Waals surface area contributed by atoms with Gasteiger partial charge < -0.3 is 10.1 Å². The average molecular weight is 230 g/mol. The van der Waals surface area contributed by atoms with Gasteiger partial charge in [0.05, 0.1) is 12.4 Å². The zero-order valence-electron chi connectivity index (χ0n) is 9.98. The third-order valence-electron chi connectivity index (χ3n) is 3.37. The number of nitrogens with one attached hydrogen (secondary N) is 1. The Morgan fingerprint density at radius 3 is 3.06 bits per heavy atom. The molecule has 2 heterocycles. The molecule has 2 aliphatic heterocycles. The Bertz CT molecular complexity index is 403. The summed E-state index contributed by atoms with van der Waals surface area (Å²) >= 11 is 0. The highest BCUT2D eigenvalue weighted by Gasteiger charge is 2.22. The van der Waals surface area contributed by atoms with Gasteiger partial charge >= 0.3 is 0 Å². The Labute approximate surface area is 102 Å². The lowest BCUT2D eigenvalue weighted by atomic mass is 10.1. The molecule has 2 aliphatic rings. The molecular formula is C14H18N2O. The molecule has 0 radical (unpaired) electrons. The molecule has 0 aliphatic carbocycles. The molecule has 1 aromatic rings. The van der Waals surface area contributed by atoms with E-state index in [2.05, 4.69) is 22.4 Å². The summed E-state index contributed by atoms with van der Waals surface area (Å²) in [6.45, 7) is 1.85. The second-order valence-electron chi connectivity index (χ2n) is 4.72. The number of benzene rings is 1. The maximum absolute atomic E-state index is 5.88. The molecule has 1 N–H and O–H groups in total. The van der Waals surface area contributed by atoms with Crippen LogP contribution in [0.2, 0.25) is 0 Å². The molecule has 3 heteroatoms.